The number of nitrogens with two attached hydrogens (primary N) is 1. The van der Waals surface area contributed by atoms with Crippen LogP contribution in [-0.4, -0.2) is 11.7 Å². The summed E-state index contributed by atoms with van der Waals surface area (Å²) in [6.45, 7) is 0.110. The monoisotopic (exact) mass is 211 g/mol. The average molecular weight is 211 g/mol. The first-order valence-corrected chi connectivity index (χ1v) is 4.94. The predicted octanol–water partition coefficient (Wildman–Crippen LogP) is 0.847. The van der Waals surface area contributed by atoms with E-state index in [-0.39, 0.29) is 11.5 Å². The molecule has 2 rings (SSSR count). The summed E-state index contributed by atoms with van der Waals surface area (Å²) < 4.78 is 5.71. The summed E-state index contributed by atoms with van der Waals surface area (Å²) in [6.07, 6.45) is -0.781. The second kappa shape index (κ2) is 3.53. The van der Waals surface area contributed by atoms with Crippen molar-refractivity contribution in [1.29, 1.82) is 0 Å². The van der Waals surface area contributed by atoms with Gasteiger partial charge >= 0.3 is 4.94 Å². The smallest absolute Gasteiger partial charge is 0.396 e. The van der Waals surface area contributed by atoms with Gasteiger partial charge in [-0.05, 0) is 6.07 Å². The van der Waals surface area contributed by atoms with Crippen LogP contribution in [0.5, 0.6) is 0 Å². The van der Waals surface area contributed by atoms with Crippen LogP contribution >= 0.6 is 11.3 Å². The Balaban J connectivity index is 2.70. The molecule has 4 nitrogen and oxygen atoms in total. The Hall–Kier alpha value is -1.17. The Morgan fingerprint density at radius 2 is 2.36 bits per heavy atom. The van der Waals surface area contributed by atoms with Crippen molar-refractivity contribution in [3.63, 3.8) is 0 Å². The molecule has 0 bridgehead atoms. The van der Waals surface area contributed by atoms with Gasteiger partial charge in [0.15, 0.2) is 5.58 Å². The minimum Gasteiger partial charge on any atom is -0.414 e. The van der Waals surface area contributed by atoms with E-state index >= 15 is 0 Å². The molecule has 5 heteroatoms. The maximum Gasteiger partial charge on any atom is 0.396 e. The highest BCUT2D eigenvalue weighted by molar-refractivity contribution is 7.16. The summed E-state index contributed by atoms with van der Waals surface area (Å²) in [4.78, 5) is 10.6. The van der Waals surface area contributed by atoms with Crippen LogP contribution in [0.1, 0.15) is 11.7 Å². The lowest BCUT2D eigenvalue weighted by atomic mass is 10.1. The predicted molar refractivity (Wildman–Crippen MR) is 54.4 cm³/mol. The molecule has 1 aromatic carbocycles. The number of benzene rings is 1. The van der Waals surface area contributed by atoms with Gasteiger partial charge in [0.2, 0.25) is 0 Å². The van der Waals surface area contributed by atoms with Gasteiger partial charge in [-0.1, -0.05) is 23.5 Å². The van der Waals surface area contributed by atoms with Gasteiger partial charge in [0.1, 0.15) is 0 Å². The molecule has 0 spiro atoms. The Morgan fingerprint density at radius 1 is 1.57 bits per heavy atom. The molecule has 1 unspecified atom stereocenters. The number of aliphatic hydroxyl groups is 1. The van der Waals surface area contributed by atoms with Crippen molar-refractivity contribution in [2.75, 3.05) is 6.54 Å². The molecule has 0 fully saturated rings. The van der Waals surface area contributed by atoms with E-state index in [0.717, 1.165) is 16.0 Å². The summed E-state index contributed by atoms with van der Waals surface area (Å²) in [5, 5.41) is 9.55. The van der Waals surface area contributed by atoms with E-state index in [1.165, 1.54) is 0 Å². The molecule has 14 heavy (non-hydrogen) atoms. The van der Waals surface area contributed by atoms with Crippen LogP contribution in [0.25, 0.3) is 10.3 Å². The van der Waals surface area contributed by atoms with E-state index in [4.69, 9.17) is 10.2 Å². The van der Waals surface area contributed by atoms with Gasteiger partial charge in [-0.2, -0.15) is 0 Å². The molecule has 0 saturated heterocycles. The molecule has 0 aliphatic rings. The third-order valence-corrected chi connectivity index (χ3v) is 2.76. The first-order chi connectivity index (χ1) is 6.72. The van der Waals surface area contributed by atoms with Crippen molar-refractivity contribution >= 4 is 21.6 Å². The molecule has 1 heterocycles. The molecule has 1 aromatic heterocycles. The fourth-order valence-electron chi connectivity index (χ4n) is 1.31. The Labute approximate surface area is 83.6 Å². The normalized spacial score (nSPS) is 13.3. The minimum absolute atomic E-state index is 0.110. The molecule has 0 radical (unpaired) electrons. The van der Waals surface area contributed by atoms with Gasteiger partial charge < -0.3 is 15.3 Å². The van der Waals surface area contributed by atoms with E-state index in [2.05, 4.69) is 0 Å². The molecule has 74 valence electrons. The van der Waals surface area contributed by atoms with Gasteiger partial charge in [-0.3, -0.25) is 0 Å². The van der Waals surface area contributed by atoms with Crippen LogP contribution < -0.4 is 10.7 Å². The highest BCUT2D eigenvalue weighted by atomic mass is 32.1. The first-order valence-electron chi connectivity index (χ1n) is 4.13. The van der Waals surface area contributed by atoms with E-state index in [1.807, 2.05) is 0 Å². The molecule has 2 aromatic rings. The molecular weight excluding hydrogens is 202 g/mol. The quantitative estimate of drug-likeness (QED) is 0.772. The lowest BCUT2D eigenvalue weighted by Gasteiger charge is -2.06. The second-order valence-electron chi connectivity index (χ2n) is 2.88. The highest BCUT2D eigenvalue weighted by Crippen LogP contribution is 2.25. The number of rotatable bonds is 2. The van der Waals surface area contributed by atoms with Crippen LogP contribution in [0.15, 0.2) is 27.4 Å². The topological polar surface area (TPSA) is 76.5 Å². The SMILES string of the molecule is NCC(O)c1cccc2sc(=O)oc12. The van der Waals surface area contributed by atoms with E-state index < -0.39 is 6.10 Å². The zero-order chi connectivity index (χ0) is 10.1. The second-order valence-corrected chi connectivity index (χ2v) is 3.86. The van der Waals surface area contributed by atoms with Crippen molar-refractivity contribution < 1.29 is 9.52 Å². The molecule has 1 atom stereocenters. The van der Waals surface area contributed by atoms with Crippen molar-refractivity contribution in [2.45, 2.75) is 6.10 Å². The van der Waals surface area contributed by atoms with Gasteiger partial charge in [0.25, 0.3) is 0 Å². The van der Waals surface area contributed by atoms with Crippen LogP contribution in [-0.2, 0) is 0 Å². The Morgan fingerprint density at radius 3 is 3.07 bits per heavy atom. The minimum atomic E-state index is -0.781. The van der Waals surface area contributed by atoms with Crippen LogP contribution in [0, 0.1) is 0 Å². The zero-order valence-electron chi connectivity index (χ0n) is 7.27. The third kappa shape index (κ3) is 1.45. The number of hydrogen-bond acceptors (Lipinski definition) is 5. The molecule has 3 N–H and O–H groups in total. The Bertz CT molecular complexity index is 502. The lowest BCUT2D eigenvalue weighted by molar-refractivity contribution is 0.187. The van der Waals surface area contributed by atoms with Crippen molar-refractivity contribution in [3.8, 4) is 0 Å². The fourth-order valence-corrected chi connectivity index (χ4v) is 2.01. The number of fused-ring (bicyclic) bond motifs is 1. The maximum absolute atomic E-state index is 11.0. The maximum atomic E-state index is 11.0. The van der Waals surface area contributed by atoms with Crippen molar-refractivity contribution in [3.05, 3.63) is 33.5 Å². The van der Waals surface area contributed by atoms with Crippen LogP contribution in [0.2, 0.25) is 0 Å². The highest BCUT2D eigenvalue weighted by Gasteiger charge is 2.13. The zero-order valence-corrected chi connectivity index (χ0v) is 8.08. The standard InChI is InChI=1S/C9H9NO3S/c10-4-6(11)5-2-1-3-7-8(5)13-9(12)14-7/h1-3,6,11H,4,10H2. The molecule has 0 aliphatic carbocycles. The van der Waals surface area contributed by atoms with Crippen LogP contribution in [0.4, 0.5) is 0 Å². The number of aliphatic hydroxyl groups excluding tert-OH is 1. The third-order valence-electron chi connectivity index (χ3n) is 1.97. The van der Waals surface area contributed by atoms with Crippen molar-refractivity contribution in [2.24, 2.45) is 5.73 Å². The summed E-state index contributed by atoms with van der Waals surface area (Å²) >= 11 is 1.02. The molecule has 0 aliphatic heterocycles. The van der Waals surface area contributed by atoms with Gasteiger partial charge in [0, 0.05) is 12.1 Å². The van der Waals surface area contributed by atoms with Gasteiger partial charge in [-0.15, -0.1) is 0 Å². The van der Waals surface area contributed by atoms with Crippen molar-refractivity contribution in [1.82, 2.24) is 0 Å². The number of hydrogen-bond donors (Lipinski definition) is 2. The lowest BCUT2D eigenvalue weighted by Crippen LogP contribution is -2.11. The molecular formula is C9H9NO3S. The first kappa shape index (κ1) is 9.39. The average Bonchev–Trinajstić information content (AvgIpc) is 2.56. The van der Waals surface area contributed by atoms with E-state index in [1.54, 1.807) is 18.2 Å². The fraction of sp³-hybridized carbons (Fsp3) is 0.222. The van der Waals surface area contributed by atoms with Crippen LogP contribution in [0.3, 0.4) is 0 Å². The summed E-state index contributed by atoms with van der Waals surface area (Å²) in [7, 11) is 0. The summed E-state index contributed by atoms with van der Waals surface area (Å²) in [5.74, 6) is 0. The summed E-state index contributed by atoms with van der Waals surface area (Å²) in [6, 6.07) is 5.25. The van der Waals surface area contributed by atoms with E-state index in [0.29, 0.717) is 11.1 Å². The number of para-hydroxylation sites is 1. The molecule has 0 amide bonds. The largest absolute Gasteiger partial charge is 0.414 e. The summed E-state index contributed by atoms with van der Waals surface area (Å²) in [5.41, 5.74) is 6.35. The Kier molecular flexibility index (Phi) is 2.37. The molecule has 0 saturated carbocycles. The van der Waals surface area contributed by atoms with Gasteiger partial charge in [-0.25, -0.2) is 4.79 Å². The van der Waals surface area contributed by atoms with Gasteiger partial charge in [0.05, 0.1) is 10.8 Å². The van der Waals surface area contributed by atoms with E-state index in [9.17, 15) is 9.90 Å².